The van der Waals surface area contributed by atoms with Crippen molar-refractivity contribution in [1.29, 1.82) is 0 Å². The first-order valence-electron chi connectivity index (χ1n) is 8.18. The molecule has 1 saturated heterocycles. The summed E-state index contributed by atoms with van der Waals surface area (Å²) in [6.07, 6.45) is 4.93. The number of piperidine rings is 1. The fraction of sp³-hybridized carbons (Fsp3) is 0.929. The van der Waals surface area contributed by atoms with Crippen LogP contribution in [0.1, 0.15) is 44.9 Å². The van der Waals surface area contributed by atoms with E-state index in [2.05, 4.69) is 5.32 Å². The Morgan fingerprint density at radius 3 is 2.04 bits per heavy atom. The molecule has 2 fully saturated rings. The van der Waals surface area contributed by atoms with Crippen LogP contribution in [0.15, 0.2) is 0 Å². The maximum absolute atomic E-state index is 12.6. The molecule has 1 saturated carbocycles. The predicted molar refractivity (Wildman–Crippen MR) is 88.2 cm³/mol. The van der Waals surface area contributed by atoms with Crippen LogP contribution in [0.5, 0.6) is 0 Å². The molecule has 1 heterocycles. The lowest BCUT2D eigenvalue weighted by molar-refractivity contribution is -0.118. The van der Waals surface area contributed by atoms with Crippen LogP contribution in [0.4, 0.5) is 0 Å². The summed E-state index contributed by atoms with van der Waals surface area (Å²) in [4.78, 5) is 11.3. The van der Waals surface area contributed by atoms with Crippen molar-refractivity contribution < 1.29 is 21.6 Å². The van der Waals surface area contributed by atoms with Crippen molar-refractivity contribution in [3.63, 3.8) is 0 Å². The fourth-order valence-electron chi connectivity index (χ4n) is 3.39. The first-order chi connectivity index (χ1) is 10.8. The minimum atomic E-state index is -3.52. The van der Waals surface area contributed by atoms with Gasteiger partial charge in [0.15, 0.2) is 9.84 Å². The molecule has 1 aliphatic heterocycles. The second-order valence-corrected chi connectivity index (χ2v) is 10.9. The Balaban J connectivity index is 1.96. The van der Waals surface area contributed by atoms with Gasteiger partial charge in [0.05, 0.1) is 10.5 Å². The van der Waals surface area contributed by atoms with E-state index >= 15 is 0 Å². The van der Waals surface area contributed by atoms with Gasteiger partial charge in [-0.2, -0.15) is 0 Å². The second-order valence-electron chi connectivity index (χ2n) is 6.38. The highest BCUT2D eigenvalue weighted by atomic mass is 32.2. The van der Waals surface area contributed by atoms with Crippen molar-refractivity contribution in [2.75, 3.05) is 25.9 Å². The Labute approximate surface area is 138 Å². The van der Waals surface area contributed by atoms with E-state index in [1.807, 2.05) is 0 Å². The van der Waals surface area contributed by atoms with Gasteiger partial charge in [0.25, 0.3) is 0 Å². The monoisotopic (exact) mass is 366 g/mol. The summed E-state index contributed by atoms with van der Waals surface area (Å²) in [5.74, 6) is -1.05. The van der Waals surface area contributed by atoms with Gasteiger partial charge in [-0.15, -0.1) is 0 Å². The van der Waals surface area contributed by atoms with Crippen molar-refractivity contribution in [1.82, 2.24) is 9.62 Å². The highest BCUT2D eigenvalue weighted by molar-refractivity contribution is 7.92. The van der Waals surface area contributed by atoms with Crippen LogP contribution in [0.25, 0.3) is 0 Å². The highest BCUT2D eigenvalue weighted by Crippen LogP contribution is 2.29. The van der Waals surface area contributed by atoms with Crippen LogP contribution >= 0.6 is 0 Å². The summed E-state index contributed by atoms with van der Waals surface area (Å²) in [5.41, 5.74) is 0. The predicted octanol–water partition coefficient (Wildman–Crippen LogP) is 0.274. The number of nitrogens with one attached hydrogen (secondary N) is 1. The van der Waals surface area contributed by atoms with Crippen LogP contribution in [0, 0.1) is 0 Å². The molecule has 1 N–H and O–H groups in total. The molecule has 134 valence electrons. The molecule has 0 aromatic rings. The van der Waals surface area contributed by atoms with E-state index in [0.29, 0.717) is 12.8 Å². The number of hydrogen-bond acceptors (Lipinski definition) is 5. The molecule has 0 radical (unpaired) electrons. The minimum Gasteiger partial charge on any atom is -0.358 e. The normalized spacial score (nSPS) is 22.8. The van der Waals surface area contributed by atoms with Gasteiger partial charge in [-0.05, 0) is 25.7 Å². The third-order valence-electron chi connectivity index (χ3n) is 4.85. The zero-order valence-electron chi connectivity index (χ0n) is 13.5. The standard InChI is InChI=1S/C14H26N2O5S2/c1-15-14(17)11-22(18,19)12-7-9-16(10-8-12)23(20,21)13-5-3-2-4-6-13/h12-13H,2-11H2,1H3,(H,15,17). The molecular weight excluding hydrogens is 340 g/mol. The lowest BCUT2D eigenvalue weighted by Crippen LogP contribution is -2.47. The molecule has 9 heteroatoms. The molecule has 2 rings (SSSR count). The summed E-state index contributed by atoms with van der Waals surface area (Å²) < 4.78 is 51.1. The maximum Gasteiger partial charge on any atom is 0.234 e. The number of amides is 1. The molecular formula is C14H26N2O5S2. The van der Waals surface area contributed by atoms with Gasteiger partial charge in [0, 0.05) is 20.1 Å². The fourth-order valence-corrected chi connectivity index (χ4v) is 7.14. The summed E-state index contributed by atoms with van der Waals surface area (Å²) in [6.45, 7) is 0.465. The molecule has 0 atom stereocenters. The summed E-state index contributed by atoms with van der Waals surface area (Å²) in [5, 5.41) is 1.37. The van der Waals surface area contributed by atoms with Crippen LogP contribution in [-0.2, 0) is 24.7 Å². The van der Waals surface area contributed by atoms with E-state index in [-0.39, 0.29) is 31.2 Å². The molecule has 7 nitrogen and oxygen atoms in total. The molecule has 0 unspecified atom stereocenters. The SMILES string of the molecule is CNC(=O)CS(=O)(=O)C1CCN(S(=O)(=O)C2CCCCC2)CC1. The Morgan fingerprint density at radius 2 is 1.52 bits per heavy atom. The summed E-state index contributed by atoms with van der Waals surface area (Å²) >= 11 is 0. The second kappa shape index (κ2) is 7.48. The van der Waals surface area contributed by atoms with Crippen molar-refractivity contribution in [3.8, 4) is 0 Å². The highest BCUT2D eigenvalue weighted by Gasteiger charge is 2.38. The number of nitrogens with zero attached hydrogens (tertiary/aromatic N) is 1. The summed E-state index contributed by atoms with van der Waals surface area (Å²) in [6, 6.07) is 0. The average Bonchev–Trinajstić information content (AvgIpc) is 2.55. The molecule has 0 bridgehead atoms. The van der Waals surface area contributed by atoms with Gasteiger partial charge in [-0.3, -0.25) is 4.79 Å². The molecule has 0 aromatic carbocycles. The van der Waals surface area contributed by atoms with Gasteiger partial charge in [-0.1, -0.05) is 19.3 Å². The number of carbonyl (C=O) groups is 1. The Hall–Kier alpha value is -0.670. The van der Waals surface area contributed by atoms with Crippen molar-refractivity contribution in [2.45, 2.75) is 55.4 Å². The number of sulfone groups is 1. The Bertz CT molecular complexity index is 616. The van der Waals surface area contributed by atoms with E-state index in [9.17, 15) is 21.6 Å². The molecule has 2 aliphatic rings. The van der Waals surface area contributed by atoms with Gasteiger partial charge in [0.2, 0.25) is 15.9 Å². The molecule has 1 aliphatic carbocycles. The molecule has 23 heavy (non-hydrogen) atoms. The van der Waals surface area contributed by atoms with Gasteiger partial charge in [0.1, 0.15) is 5.75 Å². The van der Waals surface area contributed by atoms with Crippen LogP contribution in [0.3, 0.4) is 0 Å². The number of rotatable bonds is 5. The Kier molecular flexibility index (Phi) is 6.07. The van der Waals surface area contributed by atoms with Crippen molar-refractivity contribution in [2.24, 2.45) is 0 Å². The van der Waals surface area contributed by atoms with E-state index in [1.54, 1.807) is 0 Å². The van der Waals surface area contributed by atoms with E-state index < -0.39 is 36.8 Å². The van der Waals surface area contributed by atoms with E-state index in [1.165, 1.54) is 11.4 Å². The van der Waals surface area contributed by atoms with Gasteiger partial charge >= 0.3 is 0 Å². The number of hydrogen-bond donors (Lipinski definition) is 1. The number of sulfonamides is 1. The minimum absolute atomic E-state index is 0.233. The van der Waals surface area contributed by atoms with Crippen LogP contribution < -0.4 is 5.32 Å². The first-order valence-corrected chi connectivity index (χ1v) is 11.4. The first kappa shape index (κ1) is 18.7. The largest absolute Gasteiger partial charge is 0.358 e. The quantitative estimate of drug-likeness (QED) is 0.753. The third-order valence-corrected chi connectivity index (χ3v) is 9.40. The van der Waals surface area contributed by atoms with Crippen molar-refractivity contribution >= 4 is 25.8 Å². The zero-order chi connectivity index (χ0) is 17.1. The molecule has 0 spiro atoms. The van der Waals surface area contributed by atoms with E-state index in [4.69, 9.17) is 0 Å². The van der Waals surface area contributed by atoms with Crippen LogP contribution in [0.2, 0.25) is 0 Å². The van der Waals surface area contributed by atoms with E-state index in [0.717, 1.165) is 19.3 Å². The van der Waals surface area contributed by atoms with Gasteiger partial charge in [-0.25, -0.2) is 21.1 Å². The topological polar surface area (TPSA) is 101 Å². The lowest BCUT2D eigenvalue weighted by atomic mass is 10.0. The third kappa shape index (κ3) is 4.45. The summed E-state index contributed by atoms with van der Waals surface area (Å²) in [7, 11) is -5.44. The molecule has 0 aromatic heterocycles. The van der Waals surface area contributed by atoms with Gasteiger partial charge < -0.3 is 5.32 Å². The van der Waals surface area contributed by atoms with Crippen molar-refractivity contribution in [3.05, 3.63) is 0 Å². The molecule has 1 amide bonds. The zero-order valence-corrected chi connectivity index (χ0v) is 15.2. The Morgan fingerprint density at radius 1 is 0.957 bits per heavy atom. The van der Waals surface area contributed by atoms with Crippen LogP contribution in [-0.4, -0.2) is 63.4 Å². The number of carbonyl (C=O) groups excluding carboxylic acids is 1. The average molecular weight is 367 g/mol. The lowest BCUT2D eigenvalue weighted by Gasteiger charge is -2.34. The maximum atomic E-state index is 12.6. The smallest absolute Gasteiger partial charge is 0.234 e.